The van der Waals surface area contributed by atoms with Gasteiger partial charge < -0.3 is 15.4 Å². The average molecular weight is 624 g/mol. The summed E-state index contributed by atoms with van der Waals surface area (Å²) in [5, 5.41) is 15.4. The number of nitrogens with one attached hydrogen (secondary N) is 3. The molecule has 0 bridgehead atoms. The summed E-state index contributed by atoms with van der Waals surface area (Å²) in [5.41, 5.74) is 5.97. The molecule has 0 aliphatic carbocycles. The summed E-state index contributed by atoms with van der Waals surface area (Å²) >= 11 is 5.70. The number of aromatic nitrogens is 2. The van der Waals surface area contributed by atoms with Crippen LogP contribution in [0.5, 0.6) is 5.75 Å². The minimum absolute atomic E-state index is 0.109. The molecule has 0 atom stereocenters. The molecule has 45 heavy (non-hydrogen) atoms. The van der Waals surface area contributed by atoms with Gasteiger partial charge in [-0.1, -0.05) is 81.8 Å². The molecule has 4 aromatic carbocycles. The molecule has 0 saturated heterocycles. The molecule has 0 unspecified atom stereocenters. The van der Waals surface area contributed by atoms with Gasteiger partial charge in [0, 0.05) is 27.9 Å². The predicted molar refractivity (Wildman–Crippen MR) is 183 cm³/mol. The molecule has 1 aromatic heterocycles. The molecule has 0 aliphatic heterocycles. The van der Waals surface area contributed by atoms with E-state index in [2.05, 4.69) is 36.7 Å². The van der Waals surface area contributed by atoms with Crippen LogP contribution in [0.25, 0.3) is 16.5 Å². The molecule has 0 radical (unpaired) electrons. The van der Waals surface area contributed by atoms with Crippen LogP contribution in [0.15, 0.2) is 84.9 Å². The van der Waals surface area contributed by atoms with Crippen LogP contribution in [0.3, 0.4) is 0 Å². The summed E-state index contributed by atoms with van der Waals surface area (Å²) in [6, 6.07) is 26.9. The Morgan fingerprint density at radius 1 is 0.867 bits per heavy atom. The second-order valence-corrected chi connectivity index (χ2v) is 12.2. The van der Waals surface area contributed by atoms with Crippen molar-refractivity contribution in [2.75, 3.05) is 21.8 Å². The van der Waals surface area contributed by atoms with Crippen LogP contribution in [0.2, 0.25) is 0 Å². The molecular formula is C36H38ClN5O3. The molecule has 0 spiro atoms. The molecule has 8 nitrogen and oxygen atoms in total. The van der Waals surface area contributed by atoms with Crippen molar-refractivity contribution in [1.29, 1.82) is 0 Å². The Kier molecular flexibility index (Phi) is 9.44. The number of halogens is 1. The van der Waals surface area contributed by atoms with E-state index in [0.29, 0.717) is 23.9 Å². The van der Waals surface area contributed by atoms with Gasteiger partial charge in [-0.15, -0.1) is 11.6 Å². The lowest BCUT2D eigenvalue weighted by molar-refractivity contribution is -0.113. The summed E-state index contributed by atoms with van der Waals surface area (Å²) in [4.78, 5) is 25.3. The number of urea groups is 1. The number of hydrogen-bond donors (Lipinski definition) is 3. The molecule has 3 amide bonds. The number of ether oxygens (including phenoxy) is 1. The standard InChI is InChI=1S/C36H38ClN5O3/c1-6-25-14-13-24(19-30(25)38-34(43)21-37)22-45-31-18-17-29(27-9-7-8-10-28(27)31)39-35(44)40-33-20-32(36(3,4)5)41-42(33)26-15-11-23(2)12-16-26/h7-20H,6,21-22H2,1-5H3,(H,38,43)(H2,39,40,44). The van der Waals surface area contributed by atoms with E-state index in [-0.39, 0.29) is 23.2 Å². The van der Waals surface area contributed by atoms with Crippen molar-refractivity contribution in [2.45, 2.75) is 53.1 Å². The summed E-state index contributed by atoms with van der Waals surface area (Å²) in [6.45, 7) is 10.6. The minimum atomic E-state index is -0.384. The lowest BCUT2D eigenvalue weighted by Crippen LogP contribution is -2.21. The average Bonchev–Trinajstić information content (AvgIpc) is 3.45. The van der Waals surface area contributed by atoms with Crippen LogP contribution >= 0.6 is 11.6 Å². The van der Waals surface area contributed by atoms with Gasteiger partial charge in [-0.3, -0.25) is 10.1 Å². The maximum absolute atomic E-state index is 13.4. The predicted octanol–water partition coefficient (Wildman–Crippen LogP) is 8.59. The Morgan fingerprint density at radius 2 is 1.60 bits per heavy atom. The van der Waals surface area contributed by atoms with Crippen LogP contribution in [0.1, 0.15) is 50.1 Å². The third-order valence-electron chi connectivity index (χ3n) is 7.48. The van der Waals surface area contributed by atoms with Gasteiger partial charge in [0.05, 0.1) is 17.1 Å². The fourth-order valence-electron chi connectivity index (χ4n) is 4.98. The van der Waals surface area contributed by atoms with Crippen molar-refractivity contribution in [3.05, 3.63) is 107 Å². The summed E-state index contributed by atoms with van der Waals surface area (Å²) < 4.78 is 8.01. The first-order valence-electron chi connectivity index (χ1n) is 14.9. The van der Waals surface area contributed by atoms with Gasteiger partial charge in [0.1, 0.15) is 24.1 Å². The number of hydrogen-bond acceptors (Lipinski definition) is 4. The Balaban J connectivity index is 1.36. The van der Waals surface area contributed by atoms with Gasteiger partial charge in [0.25, 0.3) is 0 Å². The molecule has 232 valence electrons. The van der Waals surface area contributed by atoms with E-state index < -0.39 is 0 Å². The number of carbonyl (C=O) groups is 2. The first-order chi connectivity index (χ1) is 21.5. The van der Waals surface area contributed by atoms with Crippen LogP contribution in [-0.2, 0) is 23.2 Å². The third-order valence-corrected chi connectivity index (χ3v) is 7.72. The summed E-state index contributed by atoms with van der Waals surface area (Å²) in [7, 11) is 0. The second kappa shape index (κ2) is 13.4. The van der Waals surface area contributed by atoms with Crippen LogP contribution < -0.4 is 20.7 Å². The molecule has 3 N–H and O–H groups in total. The van der Waals surface area contributed by atoms with E-state index in [4.69, 9.17) is 21.4 Å². The maximum Gasteiger partial charge on any atom is 0.324 e. The van der Waals surface area contributed by atoms with Gasteiger partial charge in [0.15, 0.2) is 0 Å². The summed E-state index contributed by atoms with van der Waals surface area (Å²) in [5.74, 6) is 0.885. The SMILES string of the molecule is CCc1ccc(COc2ccc(NC(=O)Nc3cc(C(C)(C)C)nn3-c3ccc(C)cc3)c3ccccc23)cc1NC(=O)CCl. The number of fused-ring (bicyclic) bond motifs is 1. The zero-order valence-corrected chi connectivity index (χ0v) is 27.0. The Labute approximate surface area is 268 Å². The highest BCUT2D eigenvalue weighted by atomic mass is 35.5. The van der Waals surface area contributed by atoms with Crippen molar-refractivity contribution < 1.29 is 14.3 Å². The van der Waals surface area contributed by atoms with E-state index >= 15 is 0 Å². The van der Waals surface area contributed by atoms with E-state index in [9.17, 15) is 9.59 Å². The zero-order chi connectivity index (χ0) is 32.1. The van der Waals surface area contributed by atoms with E-state index in [1.807, 2.05) is 98.8 Å². The number of alkyl halides is 1. The fraction of sp³-hybridized carbons (Fsp3) is 0.250. The molecule has 9 heteroatoms. The highest BCUT2D eigenvalue weighted by Gasteiger charge is 2.22. The highest BCUT2D eigenvalue weighted by Crippen LogP contribution is 2.33. The molecule has 1 heterocycles. The number of benzene rings is 4. The molecule has 0 aliphatic rings. The highest BCUT2D eigenvalue weighted by molar-refractivity contribution is 6.29. The van der Waals surface area contributed by atoms with Gasteiger partial charge in [-0.2, -0.15) is 5.10 Å². The topological polar surface area (TPSA) is 97.3 Å². The number of aryl methyl sites for hydroxylation is 2. The van der Waals surface area contributed by atoms with Crippen molar-refractivity contribution in [2.24, 2.45) is 0 Å². The van der Waals surface area contributed by atoms with E-state index in [1.165, 1.54) is 0 Å². The first-order valence-corrected chi connectivity index (χ1v) is 15.5. The van der Waals surface area contributed by atoms with E-state index in [1.54, 1.807) is 4.68 Å². The Hall–Kier alpha value is -4.82. The van der Waals surface area contributed by atoms with Crippen LogP contribution in [-0.4, -0.2) is 27.6 Å². The van der Waals surface area contributed by atoms with Gasteiger partial charge in [-0.05, 0) is 54.8 Å². The lowest BCUT2D eigenvalue weighted by atomic mass is 9.92. The zero-order valence-electron chi connectivity index (χ0n) is 26.2. The number of rotatable bonds is 9. The number of nitrogens with zero attached hydrogens (tertiary/aromatic N) is 2. The Bertz CT molecular complexity index is 1840. The fourth-order valence-corrected chi connectivity index (χ4v) is 5.05. The molecule has 0 fully saturated rings. The smallest absolute Gasteiger partial charge is 0.324 e. The normalized spacial score (nSPS) is 11.3. The van der Waals surface area contributed by atoms with Crippen molar-refractivity contribution in [1.82, 2.24) is 9.78 Å². The molecule has 5 rings (SSSR count). The van der Waals surface area contributed by atoms with Gasteiger partial charge in [-0.25, -0.2) is 9.48 Å². The van der Waals surface area contributed by atoms with Crippen molar-refractivity contribution >= 4 is 51.5 Å². The minimum Gasteiger partial charge on any atom is -0.488 e. The Morgan fingerprint density at radius 3 is 2.29 bits per heavy atom. The van der Waals surface area contributed by atoms with Crippen LogP contribution in [0, 0.1) is 6.92 Å². The van der Waals surface area contributed by atoms with Gasteiger partial charge in [0.2, 0.25) is 5.91 Å². The largest absolute Gasteiger partial charge is 0.488 e. The number of carbonyl (C=O) groups excluding carboxylic acids is 2. The summed E-state index contributed by atoms with van der Waals surface area (Å²) in [6.07, 6.45) is 0.776. The molecular weight excluding hydrogens is 586 g/mol. The van der Waals surface area contributed by atoms with Crippen molar-refractivity contribution in [3.63, 3.8) is 0 Å². The number of anilines is 3. The first kappa shape index (κ1) is 31.6. The van der Waals surface area contributed by atoms with Crippen LogP contribution in [0.4, 0.5) is 22.0 Å². The second-order valence-electron chi connectivity index (χ2n) is 12.0. The van der Waals surface area contributed by atoms with Crippen molar-refractivity contribution in [3.8, 4) is 11.4 Å². The third kappa shape index (κ3) is 7.46. The van der Waals surface area contributed by atoms with Gasteiger partial charge >= 0.3 is 6.03 Å². The quantitative estimate of drug-likeness (QED) is 0.143. The van der Waals surface area contributed by atoms with E-state index in [0.717, 1.165) is 51.0 Å². The molecule has 5 aromatic rings. The lowest BCUT2D eigenvalue weighted by Gasteiger charge is -2.15. The maximum atomic E-state index is 13.4. The number of amides is 3. The molecule has 0 saturated carbocycles. The monoisotopic (exact) mass is 623 g/mol.